The van der Waals surface area contributed by atoms with Crippen LogP contribution < -0.4 is 5.32 Å². The topological polar surface area (TPSA) is 32.3 Å². The van der Waals surface area contributed by atoms with Crippen LogP contribution in [0.5, 0.6) is 0 Å². The number of rotatable bonds is 6. The van der Waals surface area contributed by atoms with Crippen molar-refractivity contribution in [3.8, 4) is 0 Å². The fourth-order valence-electron chi connectivity index (χ4n) is 2.89. The Morgan fingerprint density at radius 3 is 2.36 bits per heavy atom. The maximum Gasteiger partial charge on any atom is 0.0869 e. The second kappa shape index (κ2) is 7.32. The van der Waals surface area contributed by atoms with Crippen molar-refractivity contribution in [3.05, 3.63) is 71.8 Å². The van der Waals surface area contributed by atoms with E-state index in [-0.39, 0.29) is 6.04 Å². The minimum Gasteiger partial charge on any atom is -0.388 e. The van der Waals surface area contributed by atoms with E-state index >= 15 is 0 Å². The van der Waals surface area contributed by atoms with Crippen molar-refractivity contribution in [1.82, 2.24) is 5.32 Å². The predicted molar refractivity (Wildman–Crippen MR) is 94.2 cm³/mol. The first kappa shape index (κ1) is 15.6. The summed E-state index contributed by atoms with van der Waals surface area (Å²) < 4.78 is 0. The Labute approximate surface area is 137 Å². The van der Waals surface area contributed by atoms with Crippen LogP contribution >= 0.6 is 11.8 Å². The van der Waals surface area contributed by atoms with E-state index in [1.54, 1.807) is 0 Å². The van der Waals surface area contributed by atoms with Crippen LogP contribution in [0.1, 0.15) is 23.6 Å². The molecule has 1 saturated heterocycles. The SMILES string of the molecule is OC1(CNC(Cc2ccccc2)c2ccccc2)CCSC1. The van der Waals surface area contributed by atoms with E-state index in [9.17, 15) is 5.11 Å². The van der Waals surface area contributed by atoms with E-state index in [1.807, 2.05) is 23.9 Å². The van der Waals surface area contributed by atoms with Crippen molar-refractivity contribution in [2.24, 2.45) is 0 Å². The molecule has 22 heavy (non-hydrogen) atoms. The number of nitrogens with one attached hydrogen (secondary N) is 1. The number of aliphatic hydroxyl groups is 1. The summed E-state index contributed by atoms with van der Waals surface area (Å²) >= 11 is 1.84. The zero-order valence-electron chi connectivity index (χ0n) is 12.7. The molecule has 2 aromatic carbocycles. The molecule has 0 saturated carbocycles. The Hall–Kier alpha value is -1.29. The minimum absolute atomic E-state index is 0.234. The summed E-state index contributed by atoms with van der Waals surface area (Å²) in [5.74, 6) is 1.90. The minimum atomic E-state index is -0.547. The summed E-state index contributed by atoms with van der Waals surface area (Å²) in [6.45, 7) is 0.659. The van der Waals surface area contributed by atoms with Gasteiger partial charge in [0.1, 0.15) is 0 Å². The van der Waals surface area contributed by atoms with Crippen LogP contribution in [0.25, 0.3) is 0 Å². The molecule has 116 valence electrons. The van der Waals surface area contributed by atoms with Crippen molar-refractivity contribution in [3.63, 3.8) is 0 Å². The summed E-state index contributed by atoms with van der Waals surface area (Å²) in [5.41, 5.74) is 2.05. The van der Waals surface area contributed by atoms with Gasteiger partial charge in [0.25, 0.3) is 0 Å². The molecular weight excluding hydrogens is 290 g/mol. The van der Waals surface area contributed by atoms with Gasteiger partial charge in [-0.3, -0.25) is 0 Å². The average Bonchev–Trinajstić information content (AvgIpc) is 3.00. The number of thioether (sulfide) groups is 1. The Morgan fingerprint density at radius 2 is 1.73 bits per heavy atom. The molecule has 2 unspecified atom stereocenters. The van der Waals surface area contributed by atoms with Gasteiger partial charge in [-0.2, -0.15) is 11.8 Å². The lowest BCUT2D eigenvalue weighted by Crippen LogP contribution is -2.42. The maximum absolute atomic E-state index is 10.6. The van der Waals surface area contributed by atoms with Crippen molar-refractivity contribution in [2.75, 3.05) is 18.1 Å². The van der Waals surface area contributed by atoms with Crippen LogP contribution in [0.4, 0.5) is 0 Å². The summed E-state index contributed by atoms with van der Waals surface area (Å²) in [6.07, 6.45) is 1.82. The first-order valence-corrected chi connectivity index (χ1v) is 9.03. The summed E-state index contributed by atoms with van der Waals surface area (Å²) in [7, 11) is 0. The molecule has 2 atom stereocenters. The van der Waals surface area contributed by atoms with Crippen LogP contribution in [0, 0.1) is 0 Å². The fraction of sp³-hybridized carbons (Fsp3) is 0.368. The Kier molecular flexibility index (Phi) is 5.19. The van der Waals surface area contributed by atoms with Gasteiger partial charge in [-0.15, -0.1) is 0 Å². The van der Waals surface area contributed by atoms with Gasteiger partial charge in [0.05, 0.1) is 5.60 Å². The lowest BCUT2D eigenvalue weighted by molar-refractivity contribution is 0.0645. The van der Waals surface area contributed by atoms with Gasteiger partial charge in [-0.25, -0.2) is 0 Å². The zero-order chi connectivity index (χ0) is 15.3. The average molecular weight is 313 g/mol. The van der Waals surface area contributed by atoms with E-state index in [2.05, 4.69) is 53.8 Å². The van der Waals surface area contributed by atoms with E-state index in [4.69, 9.17) is 0 Å². The lowest BCUT2D eigenvalue weighted by Gasteiger charge is -2.27. The molecule has 0 radical (unpaired) electrons. The second-order valence-electron chi connectivity index (χ2n) is 6.06. The first-order valence-electron chi connectivity index (χ1n) is 7.88. The van der Waals surface area contributed by atoms with E-state index in [0.29, 0.717) is 6.54 Å². The highest BCUT2D eigenvalue weighted by Gasteiger charge is 2.32. The maximum atomic E-state index is 10.6. The molecule has 3 heteroatoms. The monoisotopic (exact) mass is 313 g/mol. The molecular formula is C19H23NOS. The van der Waals surface area contributed by atoms with Crippen molar-refractivity contribution in [1.29, 1.82) is 0 Å². The van der Waals surface area contributed by atoms with Crippen LogP contribution in [-0.4, -0.2) is 28.8 Å². The highest BCUT2D eigenvalue weighted by Crippen LogP contribution is 2.28. The molecule has 0 spiro atoms. The lowest BCUT2D eigenvalue weighted by atomic mass is 9.97. The molecule has 0 amide bonds. The molecule has 2 nitrogen and oxygen atoms in total. The number of benzene rings is 2. The van der Waals surface area contributed by atoms with Crippen LogP contribution in [0.15, 0.2) is 60.7 Å². The largest absolute Gasteiger partial charge is 0.388 e. The molecule has 0 aliphatic carbocycles. The predicted octanol–water partition coefficient (Wildman–Crippen LogP) is 3.43. The molecule has 0 aromatic heterocycles. The third-order valence-corrected chi connectivity index (χ3v) is 5.48. The van der Waals surface area contributed by atoms with Gasteiger partial charge >= 0.3 is 0 Å². The van der Waals surface area contributed by atoms with Crippen LogP contribution in [0.2, 0.25) is 0 Å². The molecule has 2 N–H and O–H groups in total. The van der Waals surface area contributed by atoms with Crippen LogP contribution in [-0.2, 0) is 6.42 Å². The molecule has 0 bridgehead atoms. The van der Waals surface area contributed by atoms with Crippen molar-refractivity contribution in [2.45, 2.75) is 24.5 Å². The van der Waals surface area contributed by atoms with Crippen molar-refractivity contribution < 1.29 is 5.11 Å². The Balaban J connectivity index is 1.71. The fourth-order valence-corrected chi connectivity index (χ4v) is 4.19. The van der Waals surface area contributed by atoms with Crippen LogP contribution in [0.3, 0.4) is 0 Å². The van der Waals surface area contributed by atoms with E-state index in [0.717, 1.165) is 24.3 Å². The molecule has 1 aliphatic heterocycles. The number of hydrogen-bond acceptors (Lipinski definition) is 3. The third kappa shape index (κ3) is 4.13. The quantitative estimate of drug-likeness (QED) is 0.857. The van der Waals surface area contributed by atoms with Gasteiger partial charge < -0.3 is 10.4 Å². The summed E-state index contributed by atoms with van der Waals surface area (Å²) in [4.78, 5) is 0. The molecule has 1 fully saturated rings. The van der Waals surface area contributed by atoms with Gasteiger partial charge in [-0.1, -0.05) is 60.7 Å². The highest BCUT2D eigenvalue weighted by atomic mass is 32.2. The molecule has 3 rings (SSSR count). The second-order valence-corrected chi connectivity index (χ2v) is 7.17. The molecule has 1 heterocycles. The zero-order valence-corrected chi connectivity index (χ0v) is 13.6. The highest BCUT2D eigenvalue weighted by molar-refractivity contribution is 7.99. The van der Waals surface area contributed by atoms with Gasteiger partial charge in [0.2, 0.25) is 0 Å². The van der Waals surface area contributed by atoms with Gasteiger partial charge in [-0.05, 0) is 29.7 Å². The standard InChI is InChI=1S/C19H23NOS/c21-19(11-12-22-15-19)14-20-18(17-9-5-2-6-10-17)13-16-7-3-1-4-8-16/h1-10,18,20-21H,11-15H2. The number of hydrogen-bond donors (Lipinski definition) is 2. The Morgan fingerprint density at radius 1 is 1.05 bits per heavy atom. The summed E-state index contributed by atoms with van der Waals surface area (Å²) in [6, 6.07) is 21.3. The third-order valence-electron chi connectivity index (χ3n) is 4.24. The van der Waals surface area contributed by atoms with Crippen molar-refractivity contribution >= 4 is 11.8 Å². The first-order chi connectivity index (χ1) is 10.8. The Bertz CT molecular complexity index is 567. The van der Waals surface area contributed by atoms with Gasteiger partial charge in [0.15, 0.2) is 0 Å². The van der Waals surface area contributed by atoms with E-state index < -0.39 is 5.60 Å². The van der Waals surface area contributed by atoms with Gasteiger partial charge in [0, 0.05) is 18.3 Å². The van der Waals surface area contributed by atoms with E-state index in [1.165, 1.54) is 11.1 Å². The molecule has 1 aliphatic rings. The smallest absolute Gasteiger partial charge is 0.0869 e. The molecule has 2 aromatic rings. The normalized spacial score (nSPS) is 22.6. The summed E-state index contributed by atoms with van der Waals surface area (Å²) in [5, 5.41) is 14.2.